The van der Waals surface area contributed by atoms with E-state index in [1.807, 2.05) is 49.4 Å². The molecule has 220 valence electrons. The zero-order valence-electron chi connectivity index (χ0n) is 24.5. The number of ether oxygens (including phenoxy) is 1. The summed E-state index contributed by atoms with van der Waals surface area (Å²) in [5.41, 5.74) is 2.35. The van der Waals surface area contributed by atoms with Crippen molar-refractivity contribution in [3.63, 3.8) is 0 Å². The van der Waals surface area contributed by atoms with Crippen LogP contribution < -0.4 is 4.74 Å². The lowest BCUT2D eigenvalue weighted by Gasteiger charge is -2.14. The van der Waals surface area contributed by atoms with Gasteiger partial charge in [0.2, 0.25) is 0 Å². The van der Waals surface area contributed by atoms with Crippen LogP contribution in [0.25, 0.3) is 20.9 Å². The summed E-state index contributed by atoms with van der Waals surface area (Å²) in [7, 11) is 0. The maximum atomic E-state index is 15.2. The van der Waals surface area contributed by atoms with Gasteiger partial charge in [-0.15, -0.1) is 11.3 Å². The first kappa shape index (κ1) is 29.0. The van der Waals surface area contributed by atoms with E-state index in [0.717, 1.165) is 57.0 Å². The third-order valence-corrected chi connectivity index (χ3v) is 9.34. The topological polar surface area (TPSA) is 69.4 Å². The molecule has 3 heterocycles. The Hall–Kier alpha value is -4.10. The molecule has 1 saturated carbocycles. The van der Waals surface area contributed by atoms with Crippen molar-refractivity contribution in [3.8, 4) is 22.1 Å². The van der Waals surface area contributed by atoms with Crippen LogP contribution in [0, 0.1) is 18.2 Å². The van der Waals surface area contributed by atoms with E-state index in [1.165, 1.54) is 23.8 Å². The Morgan fingerprint density at radius 1 is 0.930 bits per heavy atom. The summed E-state index contributed by atoms with van der Waals surface area (Å²) < 4.78 is 28.1. The fraction of sp³-hybridized carbons (Fsp3) is 0.306. The number of halogens is 1. The Kier molecular flexibility index (Phi) is 8.26. The largest absolute Gasteiger partial charge is 0.460 e. The van der Waals surface area contributed by atoms with E-state index in [-0.39, 0.29) is 30.2 Å². The number of carbonyl (C=O) groups is 2. The van der Waals surface area contributed by atoms with E-state index >= 15 is 4.39 Å². The average molecular weight is 596 g/mol. The molecule has 7 heteroatoms. The van der Waals surface area contributed by atoms with Gasteiger partial charge in [0, 0.05) is 31.5 Å². The van der Waals surface area contributed by atoms with Crippen molar-refractivity contribution in [2.45, 2.75) is 65.2 Å². The molecule has 6 rings (SSSR count). The molecule has 43 heavy (non-hydrogen) atoms. The van der Waals surface area contributed by atoms with Gasteiger partial charge in [-0.3, -0.25) is 14.6 Å². The zero-order valence-corrected chi connectivity index (χ0v) is 25.3. The van der Waals surface area contributed by atoms with Crippen LogP contribution in [0.15, 0.2) is 77.3 Å². The highest BCUT2D eigenvalue weighted by atomic mass is 32.1. The van der Waals surface area contributed by atoms with Crippen LogP contribution in [0.4, 0.5) is 4.39 Å². The smallest absolute Gasteiger partial charge is 0.166 e. The van der Waals surface area contributed by atoms with Crippen molar-refractivity contribution >= 4 is 33.1 Å². The van der Waals surface area contributed by atoms with Crippen molar-refractivity contribution in [3.05, 3.63) is 101 Å². The highest BCUT2D eigenvalue weighted by Crippen LogP contribution is 2.49. The number of fused-ring (bicyclic) bond motifs is 1. The molecule has 0 amide bonds. The second-order valence-electron chi connectivity index (χ2n) is 11.5. The number of aryl methyl sites for hydroxylation is 2. The number of hydrogen-bond acceptors (Lipinski definition) is 6. The maximum Gasteiger partial charge on any atom is 0.166 e. The molecular weight excluding hydrogens is 561 g/mol. The van der Waals surface area contributed by atoms with Gasteiger partial charge in [0.25, 0.3) is 0 Å². The molecule has 2 aromatic carbocycles. The number of unbranched alkanes of at least 4 members (excludes halogenated alkanes) is 2. The quantitative estimate of drug-likeness (QED) is 0.100. The van der Waals surface area contributed by atoms with Gasteiger partial charge in [-0.2, -0.15) is 0 Å². The molecule has 0 radical (unpaired) electrons. The van der Waals surface area contributed by atoms with Crippen LogP contribution in [-0.4, -0.2) is 16.6 Å². The van der Waals surface area contributed by atoms with E-state index < -0.39 is 11.2 Å². The Morgan fingerprint density at radius 3 is 2.40 bits per heavy atom. The number of nitrogens with zero attached hydrogens (tertiary/aromatic N) is 1. The molecule has 1 fully saturated rings. The molecule has 0 aliphatic heterocycles. The number of aromatic nitrogens is 1. The van der Waals surface area contributed by atoms with Gasteiger partial charge in [0.15, 0.2) is 23.1 Å². The van der Waals surface area contributed by atoms with Crippen LogP contribution >= 0.6 is 11.3 Å². The highest BCUT2D eigenvalue weighted by Gasteiger charge is 2.54. The van der Waals surface area contributed by atoms with Gasteiger partial charge in [-0.05, 0) is 67.6 Å². The third-order valence-electron chi connectivity index (χ3n) is 8.19. The van der Waals surface area contributed by atoms with Crippen molar-refractivity contribution in [1.82, 2.24) is 4.98 Å². The minimum Gasteiger partial charge on any atom is -0.460 e. The van der Waals surface area contributed by atoms with Crippen molar-refractivity contribution in [1.29, 1.82) is 0 Å². The van der Waals surface area contributed by atoms with Crippen molar-refractivity contribution < 1.29 is 23.1 Å². The minimum absolute atomic E-state index is 0.00814. The first-order valence-electron chi connectivity index (χ1n) is 14.9. The number of pyridine rings is 1. The van der Waals surface area contributed by atoms with Crippen molar-refractivity contribution in [2.75, 3.05) is 0 Å². The number of hydrogen-bond donors (Lipinski definition) is 0. The molecule has 0 unspecified atom stereocenters. The van der Waals surface area contributed by atoms with Crippen LogP contribution in [0.2, 0.25) is 0 Å². The molecule has 3 aromatic heterocycles. The Labute approximate surface area is 254 Å². The lowest BCUT2D eigenvalue weighted by atomic mass is 9.87. The number of rotatable bonds is 13. The van der Waals surface area contributed by atoms with Gasteiger partial charge in [-0.1, -0.05) is 55.7 Å². The van der Waals surface area contributed by atoms with Gasteiger partial charge in [0.1, 0.15) is 17.3 Å². The highest BCUT2D eigenvalue weighted by molar-refractivity contribution is 7.22. The lowest BCUT2D eigenvalue weighted by Crippen LogP contribution is -2.28. The summed E-state index contributed by atoms with van der Waals surface area (Å²) >= 11 is 1.49. The van der Waals surface area contributed by atoms with Gasteiger partial charge >= 0.3 is 0 Å². The average Bonchev–Trinajstić information content (AvgIpc) is 3.48. The van der Waals surface area contributed by atoms with Crippen LogP contribution in [0.1, 0.15) is 61.5 Å². The first-order valence-corrected chi connectivity index (χ1v) is 15.7. The van der Waals surface area contributed by atoms with Gasteiger partial charge < -0.3 is 9.15 Å². The van der Waals surface area contributed by atoms with Gasteiger partial charge in [-0.25, -0.2) is 4.39 Å². The Morgan fingerprint density at radius 2 is 1.67 bits per heavy atom. The summed E-state index contributed by atoms with van der Waals surface area (Å²) in [6, 6.07) is 20.0. The molecule has 1 aliphatic rings. The summed E-state index contributed by atoms with van der Waals surface area (Å²) in [4.78, 5) is 31.7. The zero-order chi connectivity index (χ0) is 30.0. The molecule has 0 N–H and O–H groups in total. The monoisotopic (exact) mass is 595 g/mol. The number of furan rings is 1. The van der Waals surface area contributed by atoms with Gasteiger partial charge in [0.05, 0.1) is 20.5 Å². The Bertz CT molecular complexity index is 1780. The molecule has 0 atom stereocenters. The SMILES string of the molecule is CCCCCc1ccc(-c2cc3nccc(Oc4ccc(CC(=O)C5(C(=O)Cc6ccc(C)cc6)CC5)cc4F)c3s2)o1. The van der Waals surface area contributed by atoms with E-state index in [0.29, 0.717) is 24.2 Å². The fourth-order valence-electron chi connectivity index (χ4n) is 5.42. The number of ketones is 2. The second-order valence-corrected chi connectivity index (χ2v) is 12.5. The van der Waals surface area contributed by atoms with E-state index in [9.17, 15) is 9.59 Å². The molecule has 5 aromatic rings. The molecule has 0 bridgehead atoms. The molecule has 0 saturated heterocycles. The van der Waals surface area contributed by atoms with E-state index in [4.69, 9.17) is 9.15 Å². The van der Waals surface area contributed by atoms with Crippen molar-refractivity contribution in [2.24, 2.45) is 5.41 Å². The number of thiophene rings is 1. The molecule has 1 aliphatic carbocycles. The lowest BCUT2D eigenvalue weighted by molar-refractivity contribution is -0.133. The summed E-state index contributed by atoms with van der Waals surface area (Å²) in [5.74, 6) is 1.54. The standard InChI is InChI=1S/C36H34FNO4S/c1-3-4-5-6-26-12-14-30(41-26)32-22-28-35(43-32)31(15-18-38-28)42-29-13-11-25(19-27(29)37)21-34(40)36(16-17-36)33(39)20-24-9-7-23(2)8-10-24/h7-15,18-19,22H,3-6,16-17,20-21H2,1-2H3. The first-order chi connectivity index (χ1) is 20.8. The predicted octanol–water partition coefficient (Wildman–Crippen LogP) is 9.23. The fourth-order valence-corrected chi connectivity index (χ4v) is 6.45. The number of benzene rings is 2. The van der Waals surface area contributed by atoms with Crippen LogP contribution in [-0.2, 0) is 28.9 Å². The normalized spacial score (nSPS) is 13.7. The Balaban J connectivity index is 1.13. The summed E-state index contributed by atoms with van der Waals surface area (Å²) in [6.45, 7) is 4.18. The molecular formula is C36H34FNO4S. The number of Topliss-reactive ketones (excluding diaryl/α,β-unsaturated/α-hetero) is 2. The predicted molar refractivity (Wildman–Crippen MR) is 167 cm³/mol. The van der Waals surface area contributed by atoms with E-state index in [2.05, 4.69) is 11.9 Å². The summed E-state index contributed by atoms with van der Waals surface area (Å²) in [5, 5.41) is 0. The molecule has 0 spiro atoms. The maximum absolute atomic E-state index is 15.2. The summed E-state index contributed by atoms with van der Waals surface area (Å²) in [6.07, 6.45) is 7.34. The second kappa shape index (κ2) is 12.3. The van der Waals surface area contributed by atoms with E-state index in [1.54, 1.807) is 24.4 Å². The minimum atomic E-state index is -0.944. The number of carbonyl (C=O) groups excluding carboxylic acids is 2. The van der Waals surface area contributed by atoms with Crippen LogP contribution in [0.3, 0.4) is 0 Å². The van der Waals surface area contributed by atoms with Crippen LogP contribution in [0.5, 0.6) is 11.5 Å². The third kappa shape index (κ3) is 6.32. The molecule has 5 nitrogen and oxygen atoms in total.